The predicted octanol–water partition coefficient (Wildman–Crippen LogP) is 3.84. The van der Waals surface area contributed by atoms with Gasteiger partial charge in [-0.05, 0) is 44.1 Å². The van der Waals surface area contributed by atoms with Crippen LogP contribution in [0.2, 0.25) is 0 Å². The van der Waals surface area contributed by atoms with E-state index < -0.39 is 0 Å². The van der Waals surface area contributed by atoms with Crippen molar-refractivity contribution in [1.29, 1.82) is 0 Å². The molecule has 1 nitrogen and oxygen atoms in total. The van der Waals surface area contributed by atoms with Gasteiger partial charge in [-0.25, -0.2) is 0 Å². The molecule has 0 aliphatic heterocycles. The van der Waals surface area contributed by atoms with Crippen molar-refractivity contribution >= 4 is 0 Å². The summed E-state index contributed by atoms with van der Waals surface area (Å²) < 4.78 is 0. The van der Waals surface area contributed by atoms with Crippen LogP contribution in [0.25, 0.3) is 0 Å². The molecule has 1 heteroatoms. The van der Waals surface area contributed by atoms with Crippen LogP contribution >= 0.6 is 0 Å². The monoisotopic (exact) mass is 211 g/mol. The summed E-state index contributed by atoms with van der Waals surface area (Å²) in [6, 6.07) is 0.762. The fourth-order valence-corrected chi connectivity index (χ4v) is 3.26. The van der Waals surface area contributed by atoms with Crippen molar-refractivity contribution < 1.29 is 0 Å². The van der Waals surface area contributed by atoms with Crippen molar-refractivity contribution in [3.63, 3.8) is 0 Å². The van der Waals surface area contributed by atoms with E-state index in [4.69, 9.17) is 0 Å². The number of nitrogens with one attached hydrogen (secondary N) is 1. The summed E-state index contributed by atoms with van der Waals surface area (Å²) in [6.45, 7) is 7.12. The molecular weight excluding hydrogens is 182 g/mol. The minimum absolute atomic E-state index is 0.762. The zero-order valence-corrected chi connectivity index (χ0v) is 11.1. The minimum atomic E-state index is 0.762. The summed E-state index contributed by atoms with van der Waals surface area (Å²) >= 11 is 0. The molecule has 0 amide bonds. The highest BCUT2D eigenvalue weighted by Crippen LogP contribution is 2.33. The van der Waals surface area contributed by atoms with Gasteiger partial charge in [-0.2, -0.15) is 0 Å². The molecule has 0 aromatic heterocycles. The normalized spacial score (nSPS) is 31.2. The van der Waals surface area contributed by atoms with Crippen LogP contribution in [0.4, 0.5) is 0 Å². The van der Waals surface area contributed by atoms with Crippen molar-refractivity contribution in [2.75, 3.05) is 7.05 Å². The number of hydrogen-bond donors (Lipinski definition) is 1. The lowest BCUT2D eigenvalue weighted by atomic mass is 9.75. The van der Waals surface area contributed by atoms with Crippen LogP contribution in [0, 0.1) is 17.8 Å². The maximum absolute atomic E-state index is 3.57. The second-order valence-electron chi connectivity index (χ2n) is 5.60. The molecule has 0 saturated heterocycles. The predicted molar refractivity (Wildman–Crippen MR) is 68.0 cm³/mol. The van der Waals surface area contributed by atoms with E-state index in [1.54, 1.807) is 0 Å². The topological polar surface area (TPSA) is 12.0 Å². The van der Waals surface area contributed by atoms with Gasteiger partial charge in [-0.1, -0.05) is 40.0 Å². The molecule has 1 fully saturated rings. The van der Waals surface area contributed by atoms with E-state index in [2.05, 4.69) is 33.1 Å². The second kappa shape index (κ2) is 6.52. The van der Waals surface area contributed by atoms with Gasteiger partial charge in [0.1, 0.15) is 0 Å². The zero-order valence-electron chi connectivity index (χ0n) is 11.1. The van der Waals surface area contributed by atoms with Gasteiger partial charge in [-0.3, -0.25) is 0 Å². The maximum atomic E-state index is 3.57. The van der Waals surface area contributed by atoms with E-state index in [0.29, 0.717) is 0 Å². The average molecular weight is 211 g/mol. The third-order valence-electron chi connectivity index (χ3n) is 4.26. The molecule has 1 rings (SSSR count). The molecule has 0 bridgehead atoms. The molecule has 1 N–H and O–H groups in total. The first kappa shape index (κ1) is 13.0. The molecule has 0 radical (unpaired) electrons. The Morgan fingerprint density at radius 2 is 1.80 bits per heavy atom. The maximum Gasteiger partial charge on any atom is 0.0118 e. The Morgan fingerprint density at radius 1 is 1.20 bits per heavy atom. The highest BCUT2D eigenvalue weighted by molar-refractivity contribution is 4.83. The molecule has 2 atom stereocenters. The van der Waals surface area contributed by atoms with Crippen molar-refractivity contribution in [2.24, 2.45) is 17.8 Å². The van der Waals surface area contributed by atoms with Crippen LogP contribution in [0.1, 0.15) is 59.3 Å². The molecule has 0 heterocycles. The van der Waals surface area contributed by atoms with Crippen molar-refractivity contribution in [3.05, 3.63) is 0 Å². The van der Waals surface area contributed by atoms with E-state index >= 15 is 0 Å². The third-order valence-corrected chi connectivity index (χ3v) is 4.26. The summed E-state index contributed by atoms with van der Waals surface area (Å²) in [6.07, 6.45) is 8.48. The van der Waals surface area contributed by atoms with E-state index in [-0.39, 0.29) is 0 Å². The molecular formula is C14H29N. The van der Waals surface area contributed by atoms with E-state index in [1.807, 2.05) is 0 Å². The van der Waals surface area contributed by atoms with Gasteiger partial charge in [0.25, 0.3) is 0 Å². The van der Waals surface area contributed by atoms with Crippen molar-refractivity contribution in [2.45, 2.75) is 65.3 Å². The van der Waals surface area contributed by atoms with Gasteiger partial charge in [0.15, 0.2) is 0 Å². The van der Waals surface area contributed by atoms with Gasteiger partial charge in [0.05, 0.1) is 0 Å². The summed E-state index contributed by atoms with van der Waals surface area (Å²) in [7, 11) is 2.15. The summed E-state index contributed by atoms with van der Waals surface area (Å²) in [5.74, 6) is 2.76. The van der Waals surface area contributed by atoms with Crippen LogP contribution in [0.15, 0.2) is 0 Å². The first-order valence-corrected chi connectivity index (χ1v) is 6.86. The average Bonchev–Trinajstić information content (AvgIpc) is 2.22. The summed E-state index contributed by atoms with van der Waals surface area (Å²) in [5.41, 5.74) is 0. The second-order valence-corrected chi connectivity index (χ2v) is 5.60. The Kier molecular flexibility index (Phi) is 5.66. The molecule has 15 heavy (non-hydrogen) atoms. The van der Waals surface area contributed by atoms with E-state index in [1.165, 1.54) is 38.5 Å². The van der Waals surface area contributed by atoms with Crippen LogP contribution < -0.4 is 5.32 Å². The lowest BCUT2D eigenvalue weighted by molar-refractivity contribution is 0.191. The van der Waals surface area contributed by atoms with Gasteiger partial charge < -0.3 is 5.32 Å². The smallest absolute Gasteiger partial charge is 0.0118 e. The van der Waals surface area contributed by atoms with Crippen molar-refractivity contribution in [3.8, 4) is 0 Å². The van der Waals surface area contributed by atoms with Crippen LogP contribution in [0.3, 0.4) is 0 Å². The lowest BCUT2D eigenvalue weighted by Gasteiger charge is -2.36. The first-order chi connectivity index (χ1) is 7.19. The molecule has 1 aliphatic rings. The van der Waals surface area contributed by atoms with Gasteiger partial charge in [0.2, 0.25) is 0 Å². The first-order valence-electron chi connectivity index (χ1n) is 6.86. The Balaban J connectivity index is 2.43. The highest BCUT2D eigenvalue weighted by Gasteiger charge is 2.28. The lowest BCUT2D eigenvalue weighted by Crippen LogP contribution is -2.40. The standard InChI is InChI=1S/C14H29N/c1-5-6-12(3)14(15-4)13-9-7-11(2)8-10-13/h11-15H,5-10H2,1-4H3. The number of rotatable bonds is 5. The van der Waals surface area contributed by atoms with Gasteiger partial charge >= 0.3 is 0 Å². The van der Waals surface area contributed by atoms with Crippen LogP contribution in [-0.4, -0.2) is 13.1 Å². The largest absolute Gasteiger partial charge is 0.316 e. The van der Waals surface area contributed by atoms with E-state index in [0.717, 1.165) is 23.8 Å². The molecule has 0 aromatic rings. The van der Waals surface area contributed by atoms with E-state index in [9.17, 15) is 0 Å². The molecule has 90 valence electrons. The Labute approximate surface area is 96.0 Å². The van der Waals surface area contributed by atoms with Crippen LogP contribution in [-0.2, 0) is 0 Å². The van der Waals surface area contributed by atoms with Gasteiger partial charge in [-0.15, -0.1) is 0 Å². The van der Waals surface area contributed by atoms with Crippen LogP contribution in [0.5, 0.6) is 0 Å². The fourth-order valence-electron chi connectivity index (χ4n) is 3.26. The third kappa shape index (κ3) is 3.79. The summed E-state index contributed by atoms with van der Waals surface area (Å²) in [5, 5.41) is 3.57. The SMILES string of the molecule is CCCC(C)C(NC)C1CCC(C)CC1. The Bertz CT molecular complexity index is 159. The molecule has 0 spiro atoms. The molecule has 2 unspecified atom stereocenters. The zero-order chi connectivity index (χ0) is 11.3. The molecule has 0 aromatic carbocycles. The highest BCUT2D eigenvalue weighted by atomic mass is 14.9. The van der Waals surface area contributed by atoms with Gasteiger partial charge in [0, 0.05) is 6.04 Å². The fraction of sp³-hybridized carbons (Fsp3) is 1.00. The molecule has 1 saturated carbocycles. The number of hydrogen-bond acceptors (Lipinski definition) is 1. The minimum Gasteiger partial charge on any atom is -0.316 e. The molecule has 1 aliphatic carbocycles. The summed E-state index contributed by atoms with van der Waals surface area (Å²) in [4.78, 5) is 0. The Morgan fingerprint density at radius 3 is 2.27 bits per heavy atom. The van der Waals surface area contributed by atoms with Crippen molar-refractivity contribution in [1.82, 2.24) is 5.32 Å². The Hall–Kier alpha value is -0.0400. The quantitative estimate of drug-likeness (QED) is 0.728.